The Kier molecular flexibility index (Phi) is 7.36. The van der Waals surface area contributed by atoms with Crippen molar-refractivity contribution in [3.05, 3.63) is 30.0 Å². The third-order valence-corrected chi connectivity index (χ3v) is 4.14. The molecule has 0 fully saturated rings. The van der Waals surface area contributed by atoms with E-state index in [0.717, 1.165) is 35.2 Å². The van der Waals surface area contributed by atoms with Crippen LogP contribution in [0.3, 0.4) is 0 Å². The van der Waals surface area contributed by atoms with E-state index in [2.05, 4.69) is 14.7 Å². The second kappa shape index (κ2) is 9.72. The Morgan fingerprint density at radius 2 is 2.00 bits per heavy atom. The largest absolute Gasteiger partial charge is 0.497 e. The van der Waals surface area contributed by atoms with Crippen LogP contribution in [0.2, 0.25) is 0 Å². The molecule has 0 bridgehead atoms. The van der Waals surface area contributed by atoms with E-state index in [4.69, 9.17) is 4.74 Å². The van der Waals surface area contributed by atoms with Crippen molar-refractivity contribution in [3.63, 3.8) is 0 Å². The average molecular weight is 376 g/mol. The van der Waals surface area contributed by atoms with Crippen LogP contribution < -0.4 is 4.74 Å². The molecule has 8 heteroatoms. The maximum atomic E-state index is 12.6. The fraction of sp³-hybridized carbons (Fsp3) is 0.421. The lowest BCUT2D eigenvalue weighted by atomic mass is 10.1. The molecule has 0 saturated carbocycles. The Morgan fingerprint density at radius 3 is 2.67 bits per heavy atom. The van der Waals surface area contributed by atoms with Crippen molar-refractivity contribution in [2.24, 2.45) is 0 Å². The van der Waals surface area contributed by atoms with Crippen LogP contribution in [0.5, 0.6) is 5.75 Å². The average Bonchev–Trinajstić information content (AvgIpc) is 3.02. The van der Waals surface area contributed by atoms with Gasteiger partial charge in [0.05, 0.1) is 19.0 Å². The Labute approximate surface area is 157 Å². The SMILES string of the molecule is COc1ccc2c(c1)c(CCN(C)C)cn2C(=O)CCCC(=O)OOC=O. The number of aromatic nitrogens is 1. The Hall–Kier alpha value is -2.87. The van der Waals surface area contributed by atoms with Crippen LogP contribution in [-0.4, -0.2) is 55.6 Å². The van der Waals surface area contributed by atoms with Crippen molar-refractivity contribution >= 4 is 29.3 Å². The lowest BCUT2D eigenvalue weighted by molar-refractivity contribution is -0.248. The molecule has 0 unspecified atom stereocenters. The van der Waals surface area contributed by atoms with E-state index in [1.54, 1.807) is 11.7 Å². The first-order valence-corrected chi connectivity index (χ1v) is 8.62. The smallest absolute Gasteiger partial charge is 0.355 e. The number of likely N-dealkylation sites (N-methyl/N-ethyl adjacent to an activating group) is 1. The molecule has 2 aromatic rings. The standard InChI is InChI=1S/C19H24N2O6/c1-20(2)10-9-14-12-21(17-8-7-15(25-3)11-16(14)17)18(23)5-4-6-19(24)27-26-13-22/h7-8,11-13H,4-6,9-10H2,1-3H3. The van der Waals surface area contributed by atoms with Gasteiger partial charge in [0.25, 0.3) is 0 Å². The number of benzene rings is 1. The third kappa shape index (κ3) is 5.55. The molecule has 0 radical (unpaired) electrons. The summed E-state index contributed by atoms with van der Waals surface area (Å²) in [5.41, 5.74) is 1.87. The first-order chi connectivity index (χ1) is 13.0. The van der Waals surface area contributed by atoms with Gasteiger partial charge in [0.15, 0.2) is 0 Å². The quantitative estimate of drug-likeness (QED) is 0.357. The monoisotopic (exact) mass is 376 g/mol. The van der Waals surface area contributed by atoms with E-state index >= 15 is 0 Å². The van der Waals surface area contributed by atoms with Gasteiger partial charge in [-0.3, -0.25) is 19.0 Å². The summed E-state index contributed by atoms with van der Waals surface area (Å²) in [6, 6.07) is 5.60. The van der Waals surface area contributed by atoms with Crippen molar-refractivity contribution in [2.45, 2.75) is 25.7 Å². The van der Waals surface area contributed by atoms with Crippen LogP contribution in [0.25, 0.3) is 10.9 Å². The second-order valence-corrected chi connectivity index (χ2v) is 6.36. The van der Waals surface area contributed by atoms with Crippen LogP contribution in [0, 0.1) is 0 Å². The summed E-state index contributed by atoms with van der Waals surface area (Å²) in [5, 5.41) is 0.975. The topological polar surface area (TPSA) is 87.1 Å². The van der Waals surface area contributed by atoms with Gasteiger partial charge in [-0.25, -0.2) is 9.68 Å². The van der Waals surface area contributed by atoms with Gasteiger partial charge < -0.3 is 9.64 Å². The number of methoxy groups -OCH3 is 1. The zero-order valence-corrected chi connectivity index (χ0v) is 15.8. The van der Waals surface area contributed by atoms with Crippen molar-refractivity contribution in [1.82, 2.24) is 9.47 Å². The number of fused-ring (bicyclic) bond motifs is 1. The van der Waals surface area contributed by atoms with Crippen LogP contribution in [0.4, 0.5) is 0 Å². The molecule has 0 atom stereocenters. The van der Waals surface area contributed by atoms with Gasteiger partial charge in [-0.15, -0.1) is 0 Å². The highest BCUT2D eigenvalue weighted by Gasteiger charge is 2.15. The van der Waals surface area contributed by atoms with E-state index in [9.17, 15) is 14.4 Å². The lowest BCUT2D eigenvalue weighted by Crippen LogP contribution is -2.15. The van der Waals surface area contributed by atoms with E-state index in [1.165, 1.54) is 0 Å². The highest BCUT2D eigenvalue weighted by Crippen LogP contribution is 2.27. The summed E-state index contributed by atoms with van der Waals surface area (Å²) in [5.74, 6) is -0.0780. The molecule has 146 valence electrons. The summed E-state index contributed by atoms with van der Waals surface area (Å²) in [7, 11) is 5.60. The molecule has 1 heterocycles. The molecule has 0 saturated heterocycles. The van der Waals surface area contributed by atoms with E-state index in [1.807, 2.05) is 38.5 Å². The molecule has 27 heavy (non-hydrogen) atoms. The predicted molar refractivity (Wildman–Crippen MR) is 98.5 cm³/mol. The van der Waals surface area contributed by atoms with Crippen molar-refractivity contribution in [3.8, 4) is 5.75 Å². The van der Waals surface area contributed by atoms with Crippen molar-refractivity contribution in [1.29, 1.82) is 0 Å². The molecule has 0 spiro atoms. The van der Waals surface area contributed by atoms with Crippen molar-refractivity contribution in [2.75, 3.05) is 27.7 Å². The molecule has 0 amide bonds. The van der Waals surface area contributed by atoms with Gasteiger partial charge in [-0.1, -0.05) is 0 Å². The normalized spacial score (nSPS) is 10.8. The molecule has 0 aliphatic rings. The summed E-state index contributed by atoms with van der Waals surface area (Å²) in [4.78, 5) is 44.1. The second-order valence-electron chi connectivity index (χ2n) is 6.36. The highest BCUT2D eigenvalue weighted by molar-refractivity contribution is 5.95. The minimum atomic E-state index is -0.691. The van der Waals surface area contributed by atoms with Crippen LogP contribution >= 0.6 is 0 Å². The molecular formula is C19H24N2O6. The Morgan fingerprint density at radius 1 is 1.22 bits per heavy atom. The van der Waals surface area contributed by atoms with Gasteiger partial charge in [0.2, 0.25) is 5.91 Å². The Bertz CT molecular complexity index is 812. The summed E-state index contributed by atoms with van der Waals surface area (Å²) in [6.07, 6.45) is 3.10. The first kappa shape index (κ1) is 20.4. The zero-order chi connectivity index (χ0) is 19.8. The van der Waals surface area contributed by atoms with E-state index in [0.29, 0.717) is 6.42 Å². The van der Waals surface area contributed by atoms with Gasteiger partial charge >= 0.3 is 12.4 Å². The number of hydrogen-bond acceptors (Lipinski definition) is 7. The fourth-order valence-electron chi connectivity index (χ4n) is 2.77. The van der Waals surface area contributed by atoms with Gasteiger partial charge in [-0.2, -0.15) is 0 Å². The summed E-state index contributed by atoms with van der Waals surface area (Å²) in [6.45, 7) is 0.881. The summed E-state index contributed by atoms with van der Waals surface area (Å²) >= 11 is 0. The molecule has 0 aliphatic heterocycles. The zero-order valence-electron chi connectivity index (χ0n) is 15.8. The summed E-state index contributed by atoms with van der Waals surface area (Å²) < 4.78 is 6.92. The lowest BCUT2D eigenvalue weighted by Gasteiger charge is -2.08. The first-order valence-electron chi connectivity index (χ1n) is 8.62. The van der Waals surface area contributed by atoms with Gasteiger partial charge in [0, 0.05) is 24.5 Å². The molecule has 1 aromatic heterocycles. The van der Waals surface area contributed by atoms with E-state index < -0.39 is 5.97 Å². The molecule has 0 aliphatic carbocycles. The van der Waals surface area contributed by atoms with Gasteiger partial charge in [0.1, 0.15) is 5.75 Å². The number of carbonyl (C=O) groups is 3. The number of rotatable bonds is 10. The minimum absolute atomic E-state index is 0.0138. The molecule has 0 N–H and O–H groups in total. The number of hydrogen-bond donors (Lipinski definition) is 0. The fourth-order valence-corrected chi connectivity index (χ4v) is 2.77. The number of nitrogens with zero attached hydrogens (tertiary/aromatic N) is 2. The van der Waals surface area contributed by atoms with Gasteiger partial charge in [-0.05, 0) is 50.7 Å². The van der Waals surface area contributed by atoms with Crippen LogP contribution in [0.1, 0.15) is 29.6 Å². The molecule has 2 rings (SSSR count). The maximum Gasteiger partial charge on any atom is 0.355 e. The van der Waals surface area contributed by atoms with Crippen molar-refractivity contribution < 1.29 is 28.9 Å². The van der Waals surface area contributed by atoms with E-state index in [-0.39, 0.29) is 25.2 Å². The van der Waals surface area contributed by atoms with Crippen LogP contribution in [0.15, 0.2) is 24.4 Å². The molecule has 1 aromatic carbocycles. The molecular weight excluding hydrogens is 352 g/mol. The maximum absolute atomic E-state index is 12.6. The minimum Gasteiger partial charge on any atom is -0.497 e. The van der Waals surface area contributed by atoms with Crippen LogP contribution in [-0.2, 0) is 25.8 Å². The predicted octanol–water partition coefficient (Wildman–Crippen LogP) is 2.20. The third-order valence-electron chi connectivity index (χ3n) is 4.14. The molecule has 8 nitrogen and oxygen atoms in total. The number of ether oxygens (including phenoxy) is 1. The highest BCUT2D eigenvalue weighted by atomic mass is 17.2. The number of carbonyl (C=O) groups excluding carboxylic acids is 3. The Balaban J connectivity index is 2.15.